The van der Waals surface area contributed by atoms with Gasteiger partial charge in [-0.3, -0.25) is 0 Å². The highest BCUT2D eigenvalue weighted by Crippen LogP contribution is 2.12. The van der Waals surface area contributed by atoms with E-state index in [-0.39, 0.29) is 0 Å². The first-order chi connectivity index (χ1) is 12.1. The molecule has 0 spiro atoms. The summed E-state index contributed by atoms with van der Waals surface area (Å²) in [6.07, 6.45) is -2.78. The molecule has 0 saturated heterocycles. The fourth-order valence-corrected chi connectivity index (χ4v) is 2.97. The van der Waals surface area contributed by atoms with Crippen LogP contribution in [0.25, 0.3) is 0 Å². The molecule has 0 aromatic rings. The zero-order valence-electron chi connectivity index (χ0n) is 17.7. The van der Waals surface area contributed by atoms with E-state index in [2.05, 4.69) is 10.6 Å². The molecule has 0 heterocycles. The van der Waals surface area contributed by atoms with Gasteiger partial charge in [-0.2, -0.15) is 11.8 Å². The number of hydrogen-bond acceptors (Lipinski definition) is 7. The van der Waals surface area contributed by atoms with Gasteiger partial charge in [0.1, 0.15) is 11.2 Å². The van der Waals surface area contributed by atoms with Gasteiger partial charge in [0.05, 0.1) is 24.3 Å². The number of rotatable bonds is 8. The normalized spacial score (nSPS) is 16.7. The summed E-state index contributed by atoms with van der Waals surface area (Å²) in [7, 11) is 0. The van der Waals surface area contributed by atoms with Gasteiger partial charge in [-0.25, -0.2) is 9.59 Å². The first-order valence-electron chi connectivity index (χ1n) is 9.03. The molecule has 0 unspecified atom stereocenters. The predicted molar refractivity (Wildman–Crippen MR) is 107 cm³/mol. The molecule has 0 rings (SSSR count). The Labute approximate surface area is 166 Å². The average Bonchev–Trinajstić information content (AvgIpc) is 2.42. The number of carbonyl (C=O) groups is 2. The standard InChI is InChI=1S/C18H36N2O6S/c1-11(19-15(23)25-17(3,4)5)13(21)9-27-10-14(22)12(2)20-16(24)26-18(6,7)8/h11-14,21-22H,9-10H2,1-8H3,(H,19,23)(H,20,24)/t11-,12-,13-,14+/m0/s1. The van der Waals surface area contributed by atoms with E-state index in [1.54, 1.807) is 55.4 Å². The number of thioether (sulfide) groups is 1. The van der Waals surface area contributed by atoms with Crippen molar-refractivity contribution in [2.45, 2.75) is 90.9 Å². The van der Waals surface area contributed by atoms with Gasteiger partial charge >= 0.3 is 12.2 Å². The smallest absolute Gasteiger partial charge is 0.407 e. The minimum absolute atomic E-state index is 0.313. The van der Waals surface area contributed by atoms with Gasteiger partial charge in [-0.05, 0) is 55.4 Å². The second-order valence-electron chi connectivity index (χ2n) is 8.54. The van der Waals surface area contributed by atoms with Crippen molar-refractivity contribution >= 4 is 23.9 Å². The molecule has 4 N–H and O–H groups in total. The van der Waals surface area contributed by atoms with E-state index in [1.165, 1.54) is 11.8 Å². The molecule has 0 radical (unpaired) electrons. The van der Waals surface area contributed by atoms with Crippen LogP contribution in [0.4, 0.5) is 9.59 Å². The molecule has 8 nitrogen and oxygen atoms in total. The lowest BCUT2D eigenvalue weighted by molar-refractivity contribution is 0.0446. The molecular weight excluding hydrogens is 372 g/mol. The minimum atomic E-state index is -0.802. The molecule has 0 saturated carbocycles. The number of ether oxygens (including phenoxy) is 2. The van der Waals surface area contributed by atoms with Gasteiger partial charge in [0.25, 0.3) is 0 Å². The van der Waals surface area contributed by atoms with Crippen LogP contribution in [0.1, 0.15) is 55.4 Å². The zero-order valence-corrected chi connectivity index (χ0v) is 18.5. The van der Waals surface area contributed by atoms with Crippen LogP contribution in [0.15, 0.2) is 0 Å². The van der Waals surface area contributed by atoms with E-state index >= 15 is 0 Å². The van der Waals surface area contributed by atoms with Crippen LogP contribution >= 0.6 is 11.8 Å². The van der Waals surface area contributed by atoms with Gasteiger partial charge in [-0.1, -0.05) is 0 Å². The van der Waals surface area contributed by atoms with E-state index in [9.17, 15) is 19.8 Å². The number of nitrogens with one attached hydrogen (secondary N) is 2. The van der Waals surface area contributed by atoms with Gasteiger partial charge in [0.15, 0.2) is 0 Å². The third-order valence-corrected chi connectivity index (χ3v) is 4.37. The topological polar surface area (TPSA) is 117 Å². The van der Waals surface area contributed by atoms with Crippen molar-refractivity contribution in [2.24, 2.45) is 0 Å². The molecule has 9 heteroatoms. The SMILES string of the molecule is C[C@H](NC(=O)OC(C)(C)C)[C@H](O)CSC[C@H](O)[C@H](C)NC(=O)OC(C)(C)C. The highest BCUT2D eigenvalue weighted by atomic mass is 32.2. The number of alkyl carbamates (subject to hydrolysis) is 2. The van der Waals surface area contributed by atoms with Crippen LogP contribution < -0.4 is 10.6 Å². The Kier molecular flexibility index (Phi) is 10.5. The Hall–Kier alpha value is -1.19. The van der Waals surface area contributed by atoms with E-state index in [0.717, 1.165) is 0 Å². The van der Waals surface area contributed by atoms with Crippen molar-refractivity contribution in [2.75, 3.05) is 11.5 Å². The second-order valence-corrected chi connectivity index (χ2v) is 9.62. The Morgan fingerprint density at radius 3 is 1.37 bits per heavy atom. The molecule has 160 valence electrons. The molecule has 0 aliphatic rings. The van der Waals surface area contributed by atoms with Crippen molar-refractivity contribution in [1.82, 2.24) is 10.6 Å². The van der Waals surface area contributed by atoms with Crippen LogP contribution in [0.5, 0.6) is 0 Å². The summed E-state index contributed by atoms with van der Waals surface area (Å²) in [6.45, 7) is 13.9. The molecule has 0 bridgehead atoms. The highest BCUT2D eigenvalue weighted by molar-refractivity contribution is 7.99. The molecule has 0 aliphatic carbocycles. The Balaban J connectivity index is 4.18. The summed E-state index contributed by atoms with van der Waals surface area (Å²) in [5, 5.41) is 25.4. The Bertz CT molecular complexity index is 433. The van der Waals surface area contributed by atoms with Crippen LogP contribution in [-0.2, 0) is 9.47 Å². The molecule has 0 aromatic carbocycles. The van der Waals surface area contributed by atoms with Crippen molar-refractivity contribution in [3.05, 3.63) is 0 Å². The molecule has 2 amide bonds. The summed E-state index contributed by atoms with van der Waals surface area (Å²) in [5.41, 5.74) is -1.21. The lowest BCUT2D eigenvalue weighted by Gasteiger charge is -2.25. The molecule has 0 fully saturated rings. The summed E-state index contributed by atoms with van der Waals surface area (Å²) in [4.78, 5) is 23.4. The first kappa shape index (κ1) is 25.8. The number of amides is 2. The van der Waals surface area contributed by atoms with Gasteiger partial charge in [0.2, 0.25) is 0 Å². The fourth-order valence-electron chi connectivity index (χ4n) is 1.78. The maximum atomic E-state index is 11.7. The Morgan fingerprint density at radius 1 is 0.815 bits per heavy atom. The van der Waals surface area contributed by atoms with E-state index in [0.29, 0.717) is 11.5 Å². The van der Waals surface area contributed by atoms with Crippen molar-refractivity contribution < 1.29 is 29.3 Å². The summed E-state index contributed by atoms with van der Waals surface area (Å²) >= 11 is 1.32. The molecule has 0 aliphatic heterocycles. The third kappa shape index (κ3) is 13.6. The number of aliphatic hydroxyl groups excluding tert-OH is 2. The van der Waals surface area contributed by atoms with Crippen molar-refractivity contribution in [3.8, 4) is 0 Å². The van der Waals surface area contributed by atoms with E-state index < -0.39 is 47.7 Å². The number of aliphatic hydroxyl groups is 2. The average molecular weight is 409 g/mol. The molecule has 0 aromatic heterocycles. The van der Waals surface area contributed by atoms with Gasteiger partial charge in [-0.15, -0.1) is 0 Å². The van der Waals surface area contributed by atoms with Crippen LogP contribution in [-0.4, -0.2) is 69.4 Å². The third-order valence-electron chi connectivity index (χ3n) is 3.22. The second kappa shape index (κ2) is 11.0. The monoisotopic (exact) mass is 408 g/mol. The number of carbonyl (C=O) groups excluding carboxylic acids is 2. The fraction of sp³-hybridized carbons (Fsp3) is 0.889. The zero-order chi connectivity index (χ0) is 21.4. The molecule has 4 atom stereocenters. The van der Waals surface area contributed by atoms with Crippen molar-refractivity contribution in [1.29, 1.82) is 0 Å². The summed E-state index contributed by atoms with van der Waals surface area (Å²) in [6, 6.07) is -0.997. The molecular formula is C18H36N2O6S. The van der Waals surface area contributed by atoms with Crippen LogP contribution in [0, 0.1) is 0 Å². The lowest BCUT2D eigenvalue weighted by Crippen LogP contribution is -2.45. The first-order valence-corrected chi connectivity index (χ1v) is 10.2. The highest BCUT2D eigenvalue weighted by Gasteiger charge is 2.24. The number of hydrogen-bond donors (Lipinski definition) is 4. The lowest BCUT2D eigenvalue weighted by atomic mass is 10.2. The Morgan fingerprint density at radius 2 is 1.11 bits per heavy atom. The van der Waals surface area contributed by atoms with Crippen molar-refractivity contribution in [3.63, 3.8) is 0 Å². The van der Waals surface area contributed by atoms with Gasteiger partial charge in [0, 0.05) is 11.5 Å². The summed E-state index contributed by atoms with van der Waals surface area (Å²) < 4.78 is 10.3. The van der Waals surface area contributed by atoms with Gasteiger partial charge < -0.3 is 30.3 Å². The maximum absolute atomic E-state index is 11.7. The van der Waals surface area contributed by atoms with E-state index in [4.69, 9.17) is 9.47 Å². The van der Waals surface area contributed by atoms with Crippen LogP contribution in [0.3, 0.4) is 0 Å². The minimum Gasteiger partial charge on any atom is -0.444 e. The molecule has 27 heavy (non-hydrogen) atoms. The quantitative estimate of drug-likeness (QED) is 0.487. The summed E-state index contributed by atoms with van der Waals surface area (Å²) in [5.74, 6) is 0.625. The van der Waals surface area contributed by atoms with Crippen LogP contribution in [0.2, 0.25) is 0 Å². The maximum Gasteiger partial charge on any atom is 0.407 e. The predicted octanol–water partition coefficient (Wildman–Crippen LogP) is 2.27. The largest absolute Gasteiger partial charge is 0.444 e. The van der Waals surface area contributed by atoms with E-state index in [1.807, 2.05) is 0 Å².